The maximum Gasteiger partial charge on any atom is 0.238 e. The van der Waals surface area contributed by atoms with Crippen LogP contribution in [0, 0.1) is 0 Å². The number of hydrogen-bond donors (Lipinski definition) is 3. The molecule has 0 aliphatic carbocycles. The minimum absolute atomic E-state index is 0.0798. The summed E-state index contributed by atoms with van der Waals surface area (Å²) in [6, 6.07) is 8.11. The van der Waals surface area contributed by atoms with E-state index in [1.165, 1.54) is 12.1 Å². The van der Waals surface area contributed by atoms with Crippen molar-refractivity contribution >= 4 is 39.2 Å². The van der Waals surface area contributed by atoms with E-state index in [1.54, 1.807) is 29.8 Å². The number of aromatic nitrogens is 1. The molecule has 25 heavy (non-hydrogen) atoms. The zero-order valence-corrected chi connectivity index (χ0v) is 16.1. The molecule has 0 bridgehead atoms. The van der Waals surface area contributed by atoms with Crippen molar-refractivity contribution in [1.29, 1.82) is 0 Å². The maximum atomic E-state index is 11.2. The van der Waals surface area contributed by atoms with Gasteiger partial charge >= 0.3 is 0 Å². The van der Waals surface area contributed by atoms with E-state index in [-0.39, 0.29) is 4.90 Å². The Morgan fingerprint density at radius 2 is 1.80 bits per heavy atom. The first kappa shape index (κ1) is 19.6. The number of guanidine groups is 1. The lowest BCUT2D eigenvalue weighted by molar-refractivity contribution is 0.597. The number of hydrogen-bond acceptors (Lipinski definition) is 3. The summed E-state index contributed by atoms with van der Waals surface area (Å²) < 4.78 is 24.3. The van der Waals surface area contributed by atoms with E-state index in [1.807, 2.05) is 7.05 Å². The smallest absolute Gasteiger partial charge is 0.238 e. The lowest BCUT2D eigenvalue weighted by Gasteiger charge is -2.12. The Morgan fingerprint density at radius 1 is 1.20 bits per heavy atom. The van der Waals surface area contributed by atoms with E-state index in [0.717, 1.165) is 11.3 Å². The Kier molecular flexibility index (Phi) is 6.34. The normalized spacial score (nSPS) is 12.3. The molecule has 0 aliphatic heterocycles. The molecule has 0 radical (unpaired) electrons. The highest BCUT2D eigenvalue weighted by atomic mass is 35.5. The summed E-state index contributed by atoms with van der Waals surface area (Å²) in [5.74, 6) is 0.587. The van der Waals surface area contributed by atoms with Crippen molar-refractivity contribution in [2.75, 3.05) is 7.05 Å². The summed E-state index contributed by atoms with van der Waals surface area (Å²) >= 11 is 12.0. The van der Waals surface area contributed by atoms with Crippen molar-refractivity contribution in [1.82, 2.24) is 15.2 Å². The van der Waals surface area contributed by atoms with Crippen LogP contribution in [0.2, 0.25) is 10.2 Å². The number of nitrogens with two attached hydrogens (primary N) is 1. The number of nitrogens with zero attached hydrogens (tertiary/aromatic N) is 2. The Hall–Kier alpha value is -1.74. The Labute approximate surface area is 156 Å². The lowest BCUT2D eigenvalue weighted by atomic mass is 10.2. The number of aliphatic imine (C=N–C) groups is 1. The van der Waals surface area contributed by atoms with Gasteiger partial charge in [-0.3, -0.25) is 4.99 Å². The second kappa shape index (κ2) is 8.09. The Morgan fingerprint density at radius 3 is 2.28 bits per heavy atom. The molecule has 4 N–H and O–H groups in total. The van der Waals surface area contributed by atoms with Gasteiger partial charge in [0.15, 0.2) is 5.96 Å². The summed E-state index contributed by atoms with van der Waals surface area (Å²) in [6.45, 7) is 0.964. The minimum Gasteiger partial charge on any atom is -0.352 e. The molecule has 0 aliphatic rings. The van der Waals surface area contributed by atoms with Gasteiger partial charge in [-0.25, -0.2) is 13.6 Å². The van der Waals surface area contributed by atoms with Crippen LogP contribution in [0.4, 0.5) is 0 Å². The maximum absolute atomic E-state index is 11.2. The third kappa shape index (κ3) is 5.12. The molecule has 10 heteroatoms. The van der Waals surface area contributed by atoms with Gasteiger partial charge in [-0.05, 0) is 23.8 Å². The topological polar surface area (TPSA) is 102 Å². The van der Waals surface area contributed by atoms with Gasteiger partial charge in [0.1, 0.15) is 5.15 Å². The molecular weight excluding hydrogens is 385 g/mol. The van der Waals surface area contributed by atoms with E-state index in [9.17, 15) is 8.42 Å². The highest BCUT2D eigenvalue weighted by Crippen LogP contribution is 2.24. The first-order valence-corrected chi connectivity index (χ1v) is 9.58. The zero-order chi connectivity index (χ0) is 18.6. The van der Waals surface area contributed by atoms with Gasteiger partial charge < -0.3 is 15.2 Å². The molecule has 2 rings (SSSR count). The fraction of sp³-hybridized carbons (Fsp3) is 0.267. The van der Waals surface area contributed by atoms with Crippen LogP contribution < -0.4 is 15.8 Å². The average Bonchev–Trinajstić information content (AvgIpc) is 2.81. The van der Waals surface area contributed by atoms with E-state index in [2.05, 4.69) is 15.6 Å². The van der Waals surface area contributed by atoms with E-state index in [4.69, 9.17) is 28.3 Å². The van der Waals surface area contributed by atoms with Crippen molar-refractivity contribution in [3.05, 3.63) is 51.8 Å². The number of halogens is 2. The fourth-order valence-corrected chi connectivity index (χ4v) is 3.07. The molecule has 0 unspecified atom stereocenters. The number of primary sulfonamides is 1. The van der Waals surface area contributed by atoms with Gasteiger partial charge in [0.05, 0.1) is 16.5 Å². The minimum atomic E-state index is -3.68. The summed E-state index contributed by atoms with van der Waals surface area (Å²) in [6.07, 6.45) is 0. The predicted octanol–water partition coefficient (Wildman–Crippen LogP) is 1.84. The van der Waals surface area contributed by atoms with Gasteiger partial charge in [-0.15, -0.1) is 0 Å². The van der Waals surface area contributed by atoms with Crippen molar-refractivity contribution in [3.63, 3.8) is 0 Å². The third-order valence-electron chi connectivity index (χ3n) is 3.59. The number of nitrogens with one attached hydrogen (secondary N) is 2. The number of benzene rings is 1. The molecule has 0 saturated carbocycles. The second-order valence-electron chi connectivity index (χ2n) is 5.30. The van der Waals surface area contributed by atoms with Crippen LogP contribution in [0.25, 0.3) is 0 Å². The molecule has 1 aromatic heterocycles. The van der Waals surface area contributed by atoms with Gasteiger partial charge in [0.2, 0.25) is 10.0 Å². The van der Waals surface area contributed by atoms with E-state index < -0.39 is 10.0 Å². The third-order valence-corrected chi connectivity index (χ3v) is 5.36. The standard InChI is InChI=1S/C15H19Cl2N5O2S/c1-19-15(21-9-11-7-13(16)14(17)22(11)2)20-8-10-3-5-12(6-4-10)25(18,23)24/h3-7H,8-9H2,1-2H3,(H2,18,23,24)(H2,19,20,21). The SMILES string of the molecule is CN=C(NCc1ccc(S(N)(=O)=O)cc1)NCc1cc(Cl)c(Cl)n1C. The highest BCUT2D eigenvalue weighted by Gasteiger charge is 2.10. The molecular formula is C15H19Cl2N5O2S. The summed E-state index contributed by atoms with van der Waals surface area (Å²) in [5.41, 5.74) is 1.80. The summed E-state index contributed by atoms with van der Waals surface area (Å²) in [7, 11) is -0.196. The monoisotopic (exact) mass is 403 g/mol. The second-order valence-corrected chi connectivity index (χ2v) is 7.63. The van der Waals surface area contributed by atoms with Crippen LogP contribution in [0.5, 0.6) is 0 Å². The van der Waals surface area contributed by atoms with Crippen LogP contribution in [-0.4, -0.2) is 26.0 Å². The Bertz CT molecular complexity index is 876. The van der Waals surface area contributed by atoms with Crippen molar-refractivity contribution in [2.45, 2.75) is 18.0 Å². The van der Waals surface area contributed by atoms with Crippen LogP contribution in [-0.2, 0) is 30.2 Å². The fourth-order valence-electron chi connectivity index (χ4n) is 2.14. The molecule has 136 valence electrons. The van der Waals surface area contributed by atoms with Crippen LogP contribution in [0.1, 0.15) is 11.3 Å². The molecule has 1 heterocycles. The van der Waals surface area contributed by atoms with Gasteiger partial charge in [0.25, 0.3) is 0 Å². The first-order chi connectivity index (χ1) is 11.7. The quantitative estimate of drug-likeness (QED) is 0.523. The summed E-state index contributed by atoms with van der Waals surface area (Å²) in [5, 5.41) is 12.4. The zero-order valence-electron chi connectivity index (χ0n) is 13.8. The van der Waals surface area contributed by atoms with Crippen LogP contribution >= 0.6 is 23.2 Å². The van der Waals surface area contributed by atoms with Crippen LogP contribution in [0.3, 0.4) is 0 Å². The molecule has 1 aromatic carbocycles. The molecule has 0 spiro atoms. The lowest BCUT2D eigenvalue weighted by Crippen LogP contribution is -2.36. The molecule has 2 aromatic rings. The molecule has 0 saturated heterocycles. The predicted molar refractivity (Wildman–Crippen MR) is 100 cm³/mol. The van der Waals surface area contributed by atoms with Crippen molar-refractivity contribution in [3.8, 4) is 0 Å². The molecule has 7 nitrogen and oxygen atoms in total. The van der Waals surface area contributed by atoms with Crippen molar-refractivity contribution < 1.29 is 8.42 Å². The summed E-state index contributed by atoms with van der Waals surface area (Å²) in [4.78, 5) is 4.22. The number of sulfonamides is 1. The molecule has 0 fully saturated rings. The van der Waals surface area contributed by atoms with Gasteiger partial charge in [-0.1, -0.05) is 35.3 Å². The average molecular weight is 404 g/mol. The first-order valence-electron chi connectivity index (χ1n) is 7.28. The van der Waals surface area contributed by atoms with E-state index >= 15 is 0 Å². The van der Waals surface area contributed by atoms with Crippen molar-refractivity contribution in [2.24, 2.45) is 17.2 Å². The van der Waals surface area contributed by atoms with Gasteiger partial charge in [-0.2, -0.15) is 0 Å². The molecule has 0 amide bonds. The molecule has 0 atom stereocenters. The van der Waals surface area contributed by atoms with E-state index in [0.29, 0.717) is 29.2 Å². The Balaban J connectivity index is 1.93. The number of rotatable bonds is 5. The van der Waals surface area contributed by atoms with Crippen LogP contribution in [0.15, 0.2) is 40.2 Å². The largest absolute Gasteiger partial charge is 0.352 e. The highest BCUT2D eigenvalue weighted by molar-refractivity contribution is 7.89. The van der Waals surface area contributed by atoms with Gasteiger partial charge in [0, 0.05) is 26.3 Å².